The van der Waals surface area contributed by atoms with E-state index in [0.717, 1.165) is 12.2 Å². The fourth-order valence-corrected chi connectivity index (χ4v) is 5.25. The van der Waals surface area contributed by atoms with Crippen molar-refractivity contribution in [1.29, 1.82) is 0 Å². The van der Waals surface area contributed by atoms with Gasteiger partial charge in [0.05, 0.1) is 18.8 Å². The van der Waals surface area contributed by atoms with E-state index in [1.807, 2.05) is 0 Å². The number of Topliss-reactive ketones (excluding diaryl/α,β-unsaturated/α-hetero) is 1. The highest BCUT2D eigenvalue weighted by Gasteiger charge is 2.62. The van der Waals surface area contributed by atoms with E-state index in [2.05, 4.69) is 0 Å². The van der Waals surface area contributed by atoms with Crippen LogP contribution in [0.25, 0.3) is 6.08 Å². The van der Waals surface area contributed by atoms with Gasteiger partial charge in [-0.3, -0.25) is 9.59 Å². The van der Waals surface area contributed by atoms with Gasteiger partial charge in [0.25, 0.3) is 0 Å². The van der Waals surface area contributed by atoms with Crippen LogP contribution in [-0.2, 0) is 19.1 Å². The van der Waals surface area contributed by atoms with Gasteiger partial charge in [-0.2, -0.15) is 0 Å². The summed E-state index contributed by atoms with van der Waals surface area (Å²) < 4.78 is 10.7. The third-order valence-corrected chi connectivity index (χ3v) is 7.73. The molecule has 2 aliphatic heterocycles. The predicted octanol–water partition coefficient (Wildman–Crippen LogP) is -4.40. The Morgan fingerprint density at radius 1 is 0.767 bits per heavy atom. The van der Waals surface area contributed by atoms with Gasteiger partial charge in [0.1, 0.15) is 83.9 Å². The largest absolute Gasteiger partial charge is 0.508 e. The summed E-state index contributed by atoms with van der Waals surface area (Å²) >= 11 is 0. The minimum Gasteiger partial charge on any atom is -0.508 e. The van der Waals surface area contributed by atoms with E-state index in [-0.39, 0.29) is 5.75 Å². The molecular formula is C27H32O16. The molecule has 236 valence electrons. The molecule has 0 radical (unpaired) electrons. The summed E-state index contributed by atoms with van der Waals surface area (Å²) in [5, 5.41) is 125. The van der Waals surface area contributed by atoms with Crippen LogP contribution in [0.15, 0.2) is 53.0 Å². The molecule has 0 saturated carbocycles. The fourth-order valence-electron chi connectivity index (χ4n) is 5.25. The Labute approximate surface area is 242 Å². The Kier molecular flexibility index (Phi) is 9.41. The minimum absolute atomic E-state index is 0.0966. The molecular weight excluding hydrogens is 580 g/mol. The van der Waals surface area contributed by atoms with Gasteiger partial charge in [-0.15, -0.1) is 0 Å². The highest BCUT2D eigenvalue weighted by atomic mass is 16.6. The van der Waals surface area contributed by atoms with Crippen LogP contribution in [0.3, 0.4) is 0 Å². The number of benzene rings is 1. The second-order valence-corrected chi connectivity index (χ2v) is 10.4. The summed E-state index contributed by atoms with van der Waals surface area (Å²) in [5.41, 5.74) is -5.58. The van der Waals surface area contributed by atoms with E-state index in [4.69, 9.17) is 9.47 Å². The summed E-state index contributed by atoms with van der Waals surface area (Å²) in [6.45, 7) is -1.98. The molecule has 12 N–H and O–H groups in total. The maximum atomic E-state index is 13.7. The van der Waals surface area contributed by atoms with E-state index >= 15 is 0 Å². The first-order chi connectivity index (χ1) is 20.2. The zero-order valence-electron chi connectivity index (χ0n) is 22.2. The molecule has 0 bridgehead atoms. The van der Waals surface area contributed by atoms with Crippen LogP contribution in [0.4, 0.5) is 0 Å². The third kappa shape index (κ3) is 5.47. The van der Waals surface area contributed by atoms with Crippen molar-refractivity contribution in [2.75, 3.05) is 13.2 Å². The van der Waals surface area contributed by atoms with Crippen molar-refractivity contribution in [3.05, 3.63) is 58.6 Å². The number of rotatable bonds is 7. The first kappa shape index (κ1) is 32.6. The summed E-state index contributed by atoms with van der Waals surface area (Å²) in [4.78, 5) is 27.0. The number of aromatic hydroxyl groups is 1. The molecule has 1 aliphatic carbocycles. The molecule has 11 atom stereocenters. The Morgan fingerprint density at radius 3 is 1.86 bits per heavy atom. The molecule has 4 rings (SSSR count). The van der Waals surface area contributed by atoms with Crippen LogP contribution in [0.5, 0.6) is 5.75 Å². The predicted molar refractivity (Wildman–Crippen MR) is 139 cm³/mol. The number of hydrogen-bond acceptors (Lipinski definition) is 16. The lowest BCUT2D eigenvalue weighted by molar-refractivity contribution is -0.266. The molecule has 3 aliphatic rings. The number of carbonyl (C=O) groups excluding carboxylic acids is 2. The fraction of sp³-hybridized carbons (Fsp3) is 0.481. The van der Waals surface area contributed by atoms with Crippen molar-refractivity contribution in [3.8, 4) is 5.75 Å². The Bertz CT molecular complexity index is 1320. The van der Waals surface area contributed by atoms with Gasteiger partial charge in [0.15, 0.2) is 5.78 Å². The molecule has 0 amide bonds. The van der Waals surface area contributed by atoms with E-state index in [1.54, 1.807) is 0 Å². The van der Waals surface area contributed by atoms with Gasteiger partial charge < -0.3 is 70.8 Å². The van der Waals surface area contributed by atoms with E-state index in [9.17, 15) is 70.9 Å². The van der Waals surface area contributed by atoms with Crippen LogP contribution < -0.4 is 0 Å². The Balaban J connectivity index is 1.89. The molecule has 43 heavy (non-hydrogen) atoms. The number of ether oxygens (including phenoxy) is 2. The first-order valence-corrected chi connectivity index (χ1v) is 13.0. The summed E-state index contributed by atoms with van der Waals surface area (Å²) in [7, 11) is 0. The van der Waals surface area contributed by atoms with Gasteiger partial charge >= 0.3 is 0 Å². The zero-order chi connectivity index (χ0) is 32.0. The third-order valence-electron chi connectivity index (χ3n) is 7.73. The highest BCUT2D eigenvalue weighted by Crippen LogP contribution is 2.44. The number of aliphatic hydroxyl groups excluding tert-OH is 10. The minimum atomic E-state index is -3.49. The van der Waals surface area contributed by atoms with E-state index < -0.39 is 114 Å². The number of hydrogen-bond donors (Lipinski definition) is 12. The summed E-state index contributed by atoms with van der Waals surface area (Å²) in [6.07, 6.45) is -18.7. The smallest absolute Gasteiger partial charge is 0.208 e. The van der Waals surface area contributed by atoms with Gasteiger partial charge in [0, 0.05) is 0 Å². The van der Waals surface area contributed by atoms with Gasteiger partial charge in [-0.25, -0.2) is 0 Å². The number of phenolic OH excluding ortho intramolecular Hbond substituents is 1. The molecule has 1 aromatic carbocycles. The number of phenols is 1. The molecule has 16 nitrogen and oxygen atoms in total. The number of carbonyl (C=O) groups is 2. The van der Waals surface area contributed by atoms with Crippen LogP contribution in [0, 0.1) is 0 Å². The number of allylic oxidation sites excluding steroid dienone is 2. The maximum Gasteiger partial charge on any atom is 0.208 e. The normalized spacial score (nSPS) is 39.0. The first-order valence-electron chi connectivity index (χ1n) is 13.0. The molecule has 2 saturated heterocycles. The SMILES string of the molecule is O=C(/C=C/c1ccc(O)cc1)C1=C(O)C(O)(C2OC(CO)[C@@H](O)[C@H](O)[C@H]2O)C(O)=C(C2OC(CO)[C@@H](O)[C@H](O)[C@H]2O)C1=O. The number of aliphatic hydroxyl groups is 11. The summed E-state index contributed by atoms with van der Waals surface area (Å²) in [6, 6.07) is 5.32. The van der Waals surface area contributed by atoms with Crippen molar-refractivity contribution >= 4 is 17.6 Å². The topological polar surface area (TPSA) is 295 Å². The monoisotopic (exact) mass is 612 g/mol. The van der Waals surface area contributed by atoms with Crippen molar-refractivity contribution < 1.29 is 80.3 Å². The van der Waals surface area contributed by atoms with Crippen LogP contribution in [0.2, 0.25) is 0 Å². The average molecular weight is 613 g/mol. The number of ketones is 2. The molecule has 1 aromatic rings. The molecule has 16 heteroatoms. The molecule has 0 aromatic heterocycles. The van der Waals surface area contributed by atoms with Crippen molar-refractivity contribution in [1.82, 2.24) is 0 Å². The second-order valence-electron chi connectivity index (χ2n) is 10.4. The molecule has 2 heterocycles. The average Bonchev–Trinajstić information content (AvgIpc) is 2.98. The molecule has 5 unspecified atom stereocenters. The summed E-state index contributed by atoms with van der Waals surface area (Å²) in [5.74, 6) is -6.13. The van der Waals surface area contributed by atoms with Crippen molar-refractivity contribution in [2.24, 2.45) is 0 Å². The zero-order valence-corrected chi connectivity index (χ0v) is 22.2. The lowest BCUT2D eigenvalue weighted by Crippen LogP contribution is -2.67. The van der Waals surface area contributed by atoms with Crippen molar-refractivity contribution in [3.63, 3.8) is 0 Å². The second kappa shape index (κ2) is 12.4. The quantitative estimate of drug-likeness (QED) is 0.102. The van der Waals surface area contributed by atoms with Gasteiger partial charge in [-0.05, 0) is 23.8 Å². The van der Waals surface area contributed by atoms with Crippen LogP contribution in [-0.4, -0.2) is 153 Å². The Hall–Kier alpha value is -3.26. The lowest BCUT2D eigenvalue weighted by atomic mass is 9.72. The lowest BCUT2D eigenvalue weighted by Gasteiger charge is -2.48. The van der Waals surface area contributed by atoms with E-state index in [1.165, 1.54) is 24.3 Å². The van der Waals surface area contributed by atoms with E-state index in [0.29, 0.717) is 5.56 Å². The maximum absolute atomic E-state index is 13.7. The molecule has 0 spiro atoms. The highest BCUT2D eigenvalue weighted by molar-refractivity contribution is 6.31. The van der Waals surface area contributed by atoms with Gasteiger partial charge in [0.2, 0.25) is 11.4 Å². The van der Waals surface area contributed by atoms with Crippen molar-refractivity contribution in [2.45, 2.75) is 66.6 Å². The van der Waals surface area contributed by atoms with Crippen LogP contribution in [0.1, 0.15) is 5.56 Å². The van der Waals surface area contributed by atoms with Crippen LogP contribution >= 0.6 is 0 Å². The molecule has 2 fully saturated rings. The van der Waals surface area contributed by atoms with Gasteiger partial charge in [-0.1, -0.05) is 18.2 Å². The Morgan fingerprint density at radius 2 is 1.30 bits per heavy atom. The standard InChI is InChI=1S/C27H32O16/c28-7-12-16(32)19(35)21(37)23(42-12)15-18(34)14(11(31)6-3-9-1-4-10(30)5-2-9)24(39)27(41,25(15)40)26-22(38)20(36)17(33)13(8-29)43-26/h1-6,12-13,16-17,19-23,26,28-30,32-33,35-41H,7-8H2/b6-3+/t12?,13?,16-,17-,19+,20+,21-,22-,23?,26?,27?/m1/s1.